The first kappa shape index (κ1) is 32.1. The number of sulfonamides is 1. The first-order chi connectivity index (χ1) is 19.3. The van der Waals surface area contributed by atoms with Crippen LogP contribution in [0.25, 0.3) is 11.1 Å². The van der Waals surface area contributed by atoms with Crippen LogP contribution >= 0.6 is 24.2 Å². The van der Waals surface area contributed by atoms with Gasteiger partial charge in [-0.3, -0.25) is 14.4 Å². The van der Waals surface area contributed by atoms with E-state index in [4.69, 9.17) is 17.3 Å². The highest BCUT2D eigenvalue weighted by Crippen LogP contribution is 2.33. The number of hydrogen-bond donors (Lipinski definition) is 5. The molecule has 1 unspecified atom stereocenters. The maximum Gasteiger partial charge on any atom is 0.264 e. The van der Waals surface area contributed by atoms with Crippen molar-refractivity contribution in [3.63, 3.8) is 0 Å². The Morgan fingerprint density at radius 3 is 2.27 bits per heavy atom. The zero-order chi connectivity index (χ0) is 30.3. The summed E-state index contributed by atoms with van der Waals surface area (Å²) in [5, 5.41) is 12.1. The van der Waals surface area contributed by atoms with E-state index >= 15 is 0 Å². The summed E-state index contributed by atoms with van der Waals surface area (Å²) in [5.41, 5.74) is 6.92. The van der Waals surface area contributed by atoms with Crippen molar-refractivity contribution in [2.75, 3.05) is 5.75 Å². The molecule has 0 saturated heterocycles. The van der Waals surface area contributed by atoms with E-state index in [1.807, 2.05) is 4.72 Å². The number of thiol groups is 1. The molecule has 3 amide bonds. The molecule has 0 aliphatic rings. The summed E-state index contributed by atoms with van der Waals surface area (Å²) in [4.78, 5) is 36.7. The van der Waals surface area contributed by atoms with E-state index in [9.17, 15) is 32.3 Å². The number of hydrogen-bond acceptors (Lipinski definition) is 7. The van der Waals surface area contributed by atoms with Crippen molar-refractivity contribution in [3.8, 4) is 11.1 Å². The molecule has 0 saturated carbocycles. The molecule has 3 aromatic rings. The zero-order valence-electron chi connectivity index (χ0n) is 21.9. The van der Waals surface area contributed by atoms with Gasteiger partial charge in [0.1, 0.15) is 18.0 Å². The van der Waals surface area contributed by atoms with Crippen LogP contribution in [0, 0.1) is 11.7 Å². The molecular formula is C28H29ClFN3O6S2. The van der Waals surface area contributed by atoms with Gasteiger partial charge >= 0.3 is 0 Å². The Morgan fingerprint density at radius 2 is 1.66 bits per heavy atom. The average molecular weight is 622 g/mol. The Morgan fingerprint density at radius 1 is 1.00 bits per heavy atom. The number of carbonyl (C=O) groups excluding carboxylic acids is 3. The summed E-state index contributed by atoms with van der Waals surface area (Å²) in [5.74, 6) is -3.48. The molecule has 0 aliphatic carbocycles. The van der Waals surface area contributed by atoms with Crippen molar-refractivity contribution >= 4 is 52.0 Å². The number of amides is 3. The summed E-state index contributed by atoms with van der Waals surface area (Å²) < 4.78 is 41.6. The fourth-order valence-electron chi connectivity index (χ4n) is 4.02. The third-order valence-corrected chi connectivity index (χ3v) is 8.39. The molecule has 3 rings (SSSR count). The number of carbonyl (C=O) groups is 3. The lowest BCUT2D eigenvalue weighted by Gasteiger charge is -2.21. The van der Waals surface area contributed by atoms with Gasteiger partial charge in [-0.05, 0) is 42.7 Å². The molecule has 0 spiro atoms. The molecule has 5 N–H and O–H groups in total. The van der Waals surface area contributed by atoms with E-state index in [-0.39, 0.29) is 34.1 Å². The van der Waals surface area contributed by atoms with E-state index in [2.05, 4.69) is 17.9 Å². The summed E-state index contributed by atoms with van der Waals surface area (Å²) >= 11 is 10.7. The Balaban J connectivity index is 1.82. The van der Waals surface area contributed by atoms with Crippen LogP contribution in [-0.2, 0) is 37.2 Å². The Kier molecular flexibility index (Phi) is 10.9. The van der Waals surface area contributed by atoms with E-state index in [1.165, 1.54) is 36.4 Å². The van der Waals surface area contributed by atoms with Gasteiger partial charge in [0.05, 0.1) is 10.8 Å². The first-order valence-corrected chi connectivity index (χ1v) is 14.9. The minimum Gasteiger partial charge on any atom is -0.384 e. The Labute approximate surface area is 247 Å². The van der Waals surface area contributed by atoms with Crippen LogP contribution in [-0.4, -0.2) is 49.1 Å². The number of halogens is 2. The molecule has 218 valence electrons. The van der Waals surface area contributed by atoms with Crippen LogP contribution in [0.3, 0.4) is 0 Å². The smallest absolute Gasteiger partial charge is 0.264 e. The van der Waals surface area contributed by atoms with Crippen LogP contribution in [0.4, 0.5) is 4.39 Å². The van der Waals surface area contributed by atoms with Crippen LogP contribution in [0.5, 0.6) is 0 Å². The normalized spacial score (nSPS) is 13.6. The molecule has 0 fully saturated rings. The van der Waals surface area contributed by atoms with E-state index in [0.29, 0.717) is 16.7 Å². The van der Waals surface area contributed by atoms with Crippen LogP contribution in [0.1, 0.15) is 18.1 Å². The summed E-state index contributed by atoms with van der Waals surface area (Å²) in [6, 6.07) is 15.4. The lowest BCUT2D eigenvalue weighted by atomic mass is 9.97. The summed E-state index contributed by atoms with van der Waals surface area (Å²) in [6.45, 7) is 1.13. The highest BCUT2D eigenvalue weighted by atomic mass is 35.5. The van der Waals surface area contributed by atoms with Gasteiger partial charge < -0.3 is 16.2 Å². The average Bonchev–Trinajstić information content (AvgIpc) is 2.92. The molecule has 41 heavy (non-hydrogen) atoms. The molecule has 0 heterocycles. The van der Waals surface area contributed by atoms with Crippen molar-refractivity contribution in [2.24, 2.45) is 11.7 Å². The summed E-state index contributed by atoms with van der Waals surface area (Å²) in [7, 11) is -4.35. The quantitative estimate of drug-likeness (QED) is 0.196. The van der Waals surface area contributed by atoms with Gasteiger partial charge in [0.25, 0.3) is 15.9 Å². The number of aliphatic hydroxyl groups excluding tert-OH is 1. The number of primary amides is 1. The second-order valence-corrected chi connectivity index (χ2v) is 11.7. The van der Waals surface area contributed by atoms with Gasteiger partial charge in [0.2, 0.25) is 11.8 Å². The lowest BCUT2D eigenvalue weighted by molar-refractivity contribution is -0.129. The predicted molar refractivity (Wildman–Crippen MR) is 156 cm³/mol. The Hall–Kier alpha value is -3.45. The molecular weight excluding hydrogens is 593 g/mol. The van der Waals surface area contributed by atoms with Crippen LogP contribution < -0.4 is 15.8 Å². The number of aliphatic hydroxyl groups is 1. The largest absolute Gasteiger partial charge is 0.384 e. The molecule has 0 aromatic heterocycles. The highest BCUT2D eigenvalue weighted by Gasteiger charge is 2.27. The second-order valence-electron chi connectivity index (χ2n) is 9.30. The zero-order valence-corrected chi connectivity index (χ0v) is 24.3. The highest BCUT2D eigenvalue weighted by molar-refractivity contribution is 7.90. The van der Waals surface area contributed by atoms with E-state index < -0.39 is 51.6 Å². The van der Waals surface area contributed by atoms with Gasteiger partial charge in [-0.25, -0.2) is 17.5 Å². The van der Waals surface area contributed by atoms with Gasteiger partial charge in [-0.15, -0.1) is 0 Å². The van der Waals surface area contributed by atoms with Crippen LogP contribution in [0.2, 0.25) is 5.02 Å². The van der Waals surface area contributed by atoms with Crippen molar-refractivity contribution < 1.29 is 32.3 Å². The van der Waals surface area contributed by atoms with Crippen molar-refractivity contribution in [2.45, 2.75) is 36.8 Å². The standard InChI is InChI=1S/C28H29ClFN3O6S2/c1-16(34)27(36)33-41(38,39)25-9-5-3-7-21(25)20-11-10-17(12-22(20)29)13-24(26(31)35)32-28(37)19(15-40)14-18-6-2-4-8-23(18)30/h2-12,16,19,24,34,40H,13-15H2,1H3,(H2,31,35)(H,32,37)(H,33,36)/t16-,19+,24?/m0/s1. The molecule has 3 aromatic carbocycles. The number of rotatable bonds is 12. The van der Waals surface area contributed by atoms with Gasteiger partial charge in [0, 0.05) is 28.3 Å². The minimum absolute atomic E-state index is 0.0234. The molecule has 0 bridgehead atoms. The molecule has 3 atom stereocenters. The molecule has 9 nitrogen and oxygen atoms in total. The summed E-state index contributed by atoms with van der Waals surface area (Å²) in [6.07, 6.45) is -1.49. The number of benzene rings is 3. The third kappa shape index (κ3) is 8.29. The second kappa shape index (κ2) is 13.9. The minimum atomic E-state index is -4.35. The SMILES string of the molecule is C[C@H](O)C(=O)NS(=O)(=O)c1ccccc1-c1ccc(CC(NC(=O)[C@@H](CS)Cc2ccccc2F)C(N)=O)cc1Cl. The monoisotopic (exact) mass is 621 g/mol. The van der Waals surface area contributed by atoms with Gasteiger partial charge in [-0.1, -0.05) is 60.1 Å². The maximum absolute atomic E-state index is 14.1. The molecule has 0 radical (unpaired) electrons. The van der Waals surface area contributed by atoms with Crippen molar-refractivity contribution in [1.29, 1.82) is 0 Å². The topological polar surface area (TPSA) is 156 Å². The Bertz CT molecular complexity index is 1550. The van der Waals surface area contributed by atoms with E-state index in [0.717, 1.165) is 6.92 Å². The predicted octanol–water partition coefficient (Wildman–Crippen LogP) is 2.63. The van der Waals surface area contributed by atoms with E-state index in [1.54, 1.807) is 30.3 Å². The lowest BCUT2D eigenvalue weighted by Crippen LogP contribution is -2.48. The van der Waals surface area contributed by atoms with Crippen molar-refractivity contribution in [3.05, 3.63) is 88.7 Å². The molecule has 0 aliphatic heterocycles. The van der Waals surface area contributed by atoms with Crippen molar-refractivity contribution in [1.82, 2.24) is 10.0 Å². The fourth-order valence-corrected chi connectivity index (χ4v) is 5.89. The number of nitrogens with two attached hydrogens (primary N) is 1. The molecule has 13 heteroatoms. The fraction of sp³-hybridized carbons (Fsp3) is 0.250. The third-order valence-electron chi connectivity index (χ3n) is 6.23. The van der Waals surface area contributed by atoms with Gasteiger partial charge in [0.15, 0.2) is 0 Å². The number of nitrogens with one attached hydrogen (secondary N) is 2. The van der Waals surface area contributed by atoms with Crippen LogP contribution in [0.15, 0.2) is 71.6 Å². The maximum atomic E-state index is 14.1. The first-order valence-electron chi connectivity index (χ1n) is 12.4. The van der Waals surface area contributed by atoms with Gasteiger partial charge in [-0.2, -0.15) is 12.6 Å².